The smallest absolute Gasteiger partial charge is 0.311 e. The summed E-state index contributed by atoms with van der Waals surface area (Å²) in [5.41, 5.74) is -0.889. The van der Waals surface area contributed by atoms with Crippen LogP contribution in [-0.2, 0) is 19.1 Å². The van der Waals surface area contributed by atoms with Crippen LogP contribution in [0.25, 0.3) is 0 Å². The molecule has 1 N–H and O–H groups in total. The molecule has 310 valence electrons. The molecule has 0 radical (unpaired) electrons. The van der Waals surface area contributed by atoms with E-state index in [9.17, 15) is 14.7 Å². The van der Waals surface area contributed by atoms with Crippen LogP contribution in [0.4, 0.5) is 0 Å². The Balaban J connectivity index is 4.22. The molecular formula is C46H91NO5. The average molecular weight is 738 g/mol. The monoisotopic (exact) mass is 738 g/mol. The molecule has 6 nitrogen and oxygen atoms in total. The number of carbonyl (C=O) groups excluding carboxylic acids is 2. The number of ether oxygens (including phenoxy) is 2. The van der Waals surface area contributed by atoms with Crippen molar-refractivity contribution in [2.75, 3.05) is 39.5 Å². The molecule has 0 aromatic carbocycles. The highest BCUT2D eigenvalue weighted by Gasteiger charge is 2.30. The molecule has 52 heavy (non-hydrogen) atoms. The predicted octanol–water partition coefficient (Wildman–Crippen LogP) is 13.0. The minimum atomic E-state index is -0.453. The Morgan fingerprint density at radius 1 is 0.481 bits per heavy atom. The van der Waals surface area contributed by atoms with Gasteiger partial charge in [-0.2, -0.15) is 0 Å². The number of rotatable bonds is 39. The van der Waals surface area contributed by atoms with Gasteiger partial charge in [0.1, 0.15) is 0 Å². The largest absolute Gasteiger partial charge is 0.465 e. The molecule has 0 aliphatic carbocycles. The maximum absolute atomic E-state index is 13.0. The Labute approximate surface area is 324 Å². The summed E-state index contributed by atoms with van der Waals surface area (Å²) < 4.78 is 11.5. The number of esters is 2. The van der Waals surface area contributed by atoms with E-state index in [1.807, 2.05) is 27.7 Å². The van der Waals surface area contributed by atoms with E-state index in [1.54, 1.807) is 0 Å². The summed E-state index contributed by atoms with van der Waals surface area (Å²) >= 11 is 0. The van der Waals surface area contributed by atoms with Crippen LogP contribution in [0.2, 0.25) is 0 Å². The van der Waals surface area contributed by atoms with Crippen molar-refractivity contribution < 1.29 is 24.2 Å². The molecule has 0 aliphatic rings. The number of hydrogen-bond acceptors (Lipinski definition) is 6. The highest BCUT2D eigenvalue weighted by Crippen LogP contribution is 2.28. The zero-order chi connectivity index (χ0) is 38.8. The van der Waals surface area contributed by atoms with Gasteiger partial charge in [-0.1, -0.05) is 162 Å². The maximum Gasteiger partial charge on any atom is 0.311 e. The minimum Gasteiger partial charge on any atom is -0.465 e. The van der Waals surface area contributed by atoms with Gasteiger partial charge in [-0.05, 0) is 85.2 Å². The Morgan fingerprint density at radius 2 is 0.865 bits per heavy atom. The third-order valence-electron chi connectivity index (χ3n) is 11.2. The first-order valence-electron chi connectivity index (χ1n) is 22.7. The van der Waals surface area contributed by atoms with E-state index in [-0.39, 0.29) is 18.5 Å². The van der Waals surface area contributed by atoms with Gasteiger partial charge in [-0.25, -0.2) is 0 Å². The Morgan fingerprint density at radius 3 is 1.37 bits per heavy atom. The van der Waals surface area contributed by atoms with Crippen molar-refractivity contribution in [2.24, 2.45) is 16.7 Å². The van der Waals surface area contributed by atoms with Gasteiger partial charge in [-0.3, -0.25) is 9.59 Å². The number of aliphatic hydroxyl groups is 1. The lowest BCUT2D eigenvalue weighted by atomic mass is 9.87. The first kappa shape index (κ1) is 50.9. The number of unbranched alkanes of at least 4 members (excludes halogenated alkanes) is 18. The zero-order valence-corrected chi connectivity index (χ0v) is 36.1. The van der Waals surface area contributed by atoms with E-state index < -0.39 is 10.8 Å². The zero-order valence-electron chi connectivity index (χ0n) is 36.1. The van der Waals surface area contributed by atoms with Gasteiger partial charge in [0.2, 0.25) is 0 Å². The van der Waals surface area contributed by atoms with Crippen molar-refractivity contribution in [1.29, 1.82) is 0 Å². The van der Waals surface area contributed by atoms with Crippen molar-refractivity contribution in [3.05, 3.63) is 0 Å². The molecule has 0 bridgehead atoms. The van der Waals surface area contributed by atoms with E-state index in [4.69, 9.17) is 9.47 Å². The third-order valence-corrected chi connectivity index (χ3v) is 11.2. The molecule has 0 amide bonds. The summed E-state index contributed by atoms with van der Waals surface area (Å²) in [6.07, 6.45) is 33.4. The minimum absolute atomic E-state index is 0.0346. The highest BCUT2D eigenvalue weighted by atomic mass is 16.5. The molecule has 0 spiro atoms. The Bertz CT molecular complexity index is 801. The summed E-state index contributed by atoms with van der Waals surface area (Å²) in [5, 5.41) is 9.63. The maximum atomic E-state index is 13.0. The molecule has 0 unspecified atom stereocenters. The van der Waals surface area contributed by atoms with E-state index in [2.05, 4.69) is 25.7 Å². The summed E-state index contributed by atoms with van der Waals surface area (Å²) in [6.45, 7) is 18.8. The first-order chi connectivity index (χ1) is 25.0. The normalized spacial score (nSPS) is 12.3. The first-order valence-corrected chi connectivity index (χ1v) is 22.7. The number of aliphatic hydroxyl groups excluding tert-OH is 1. The van der Waals surface area contributed by atoms with Crippen molar-refractivity contribution in [3.8, 4) is 0 Å². The van der Waals surface area contributed by atoms with Crippen LogP contribution in [0.5, 0.6) is 0 Å². The van der Waals surface area contributed by atoms with E-state index >= 15 is 0 Å². The fourth-order valence-electron chi connectivity index (χ4n) is 7.28. The van der Waals surface area contributed by atoms with Gasteiger partial charge in [0, 0.05) is 6.54 Å². The average Bonchev–Trinajstić information content (AvgIpc) is 3.11. The molecule has 0 rings (SSSR count). The molecule has 0 aromatic heterocycles. The third kappa shape index (κ3) is 29.2. The second-order valence-electron chi connectivity index (χ2n) is 17.4. The topological polar surface area (TPSA) is 76.1 Å². The Kier molecular flexibility index (Phi) is 33.6. The summed E-state index contributed by atoms with van der Waals surface area (Å²) in [7, 11) is 0. The summed E-state index contributed by atoms with van der Waals surface area (Å²) in [4.78, 5) is 28.1. The lowest BCUT2D eigenvalue weighted by Crippen LogP contribution is -2.30. The molecule has 0 aliphatic heterocycles. The van der Waals surface area contributed by atoms with Gasteiger partial charge < -0.3 is 19.5 Å². The van der Waals surface area contributed by atoms with Gasteiger partial charge in [-0.15, -0.1) is 0 Å². The molecule has 6 heteroatoms. The van der Waals surface area contributed by atoms with E-state index in [0.717, 1.165) is 83.7 Å². The van der Waals surface area contributed by atoms with Crippen molar-refractivity contribution in [2.45, 2.75) is 228 Å². The van der Waals surface area contributed by atoms with Gasteiger partial charge in [0.15, 0.2) is 0 Å². The van der Waals surface area contributed by atoms with Crippen molar-refractivity contribution >= 4 is 11.9 Å². The van der Waals surface area contributed by atoms with Gasteiger partial charge >= 0.3 is 11.9 Å². The van der Waals surface area contributed by atoms with Crippen molar-refractivity contribution in [1.82, 2.24) is 4.90 Å². The Hall–Kier alpha value is -1.14. The number of hydrogen-bond donors (Lipinski definition) is 1. The summed E-state index contributed by atoms with van der Waals surface area (Å²) in [5.74, 6) is 0.586. The van der Waals surface area contributed by atoms with Gasteiger partial charge in [0.25, 0.3) is 0 Å². The quantitative estimate of drug-likeness (QED) is 0.0500. The second-order valence-corrected chi connectivity index (χ2v) is 17.4. The fraction of sp³-hybridized carbons (Fsp3) is 0.957. The van der Waals surface area contributed by atoms with Crippen LogP contribution in [0.1, 0.15) is 228 Å². The summed E-state index contributed by atoms with van der Waals surface area (Å²) in [6, 6.07) is 0. The molecule has 0 saturated carbocycles. The van der Waals surface area contributed by atoms with Crippen LogP contribution in [-0.4, -0.2) is 61.4 Å². The van der Waals surface area contributed by atoms with Crippen molar-refractivity contribution in [3.63, 3.8) is 0 Å². The highest BCUT2D eigenvalue weighted by molar-refractivity contribution is 5.76. The fourth-order valence-corrected chi connectivity index (χ4v) is 7.28. The van der Waals surface area contributed by atoms with Crippen LogP contribution < -0.4 is 0 Å². The molecule has 0 aromatic rings. The molecule has 0 saturated heterocycles. The van der Waals surface area contributed by atoms with E-state index in [0.29, 0.717) is 25.7 Å². The molecule has 0 atom stereocenters. The molecule has 0 heterocycles. The number of carbonyl (C=O) groups is 2. The lowest BCUT2D eigenvalue weighted by Gasteiger charge is -2.25. The van der Waals surface area contributed by atoms with Crippen LogP contribution in [0, 0.1) is 16.7 Å². The van der Waals surface area contributed by atoms with Crippen LogP contribution >= 0.6 is 0 Å². The predicted molar refractivity (Wildman–Crippen MR) is 223 cm³/mol. The SMILES string of the molecule is CCCCCCCCCCCOC(=O)C(C)(C)CCCCN(CCO)CCCCCCC(C)(C)C(=O)OCCC(CCCCCC)CCCCCC. The van der Waals surface area contributed by atoms with Gasteiger partial charge in [0.05, 0.1) is 30.7 Å². The molecule has 0 fully saturated rings. The lowest BCUT2D eigenvalue weighted by molar-refractivity contribution is -0.155. The number of nitrogens with zero attached hydrogens (tertiary/aromatic N) is 1. The van der Waals surface area contributed by atoms with E-state index in [1.165, 1.54) is 109 Å². The van der Waals surface area contributed by atoms with Crippen LogP contribution in [0.15, 0.2) is 0 Å². The van der Waals surface area contributed by atoms with Crippen LogP contribution in [0.3, 0.4) is 0 Å². The molecular weight excluding hydrogens is 647 g/mol. The second kappa shape index (κ2) is 34.4. The standard InChI is InChI=1S/C46H91NO5/c1-8-11-14-17-18-19-20-23-30-40-51-43(49)46(6,7)35-27-29-37-47(38-39-48)36-28-22-21-26-34-45(4,5)44(50)52-41-33-42(31-24-15-12-9-2)32-25-16-13-10-3/h42,48H,8-41H2,1-7H3.